The number of aryl methyl sites for hydroxylation is 3. The molecule has 0 saturated heterocycles. The fourth-order valence-corrected chi connectivity index (χ4v) is 3.58. The van der Waals surface area contributed by atoms with E-state index in [-0.39, 0.29) is 11.8 Å². The van der Waals surface area contributed by atoms with Crippen molar-refractivity contribution in [1.82, 2.24) is 4.98 Å². The molecule has 0 fully saturated rings. The van der Waals surface area contributed by atoms with E-state index in [1.165, 1.54) is 23.8 Å². The maximum atomic E-state index is 12.7. The molecule has 0 radical (unpaired) electrons. The molecule has 0 atom stereocenters. The van der Waals surface area contributed by atoms with Gasteiger partial charge in [-0.1, -0.05) is 18.2 Å². The summed E-state index contributed by atoms with van der Waals surface area (Å²) < 4.78 is 0. The minimum Gasteiger partial charge on any atom is -0.326 e. The summed E-state index contributed by atoms with van der Waals surface area (Å²) in [5.74, 6) is -0.354. The first kappa shape index (κ1) is 18.8. The van der Waals surface area contributed by atoms with Crippen LogP contribution in [0.5, 0.6) is 0 Å². The molecular weight excluding hydrogens is 358 g/mol. The highest BCUT2D eigenvalue weighted by molar-refractivity contribution is 7.15. The normalized spacial score (nSPS) is 10.5. The van der Waals surface area contributed by atoms with Crippen molar-refractivity contribution in [1.29, 1.82) is 0 Å². The highest BCUT2D eigenvalue weighted by atomic mass is 32.1. The van der Waals surface area contributed by atoms with Crippen LogP contribution in [0.25, 0.3) is 10.6 Å². The van der Waals surface area contributed by atoms with Gasteiger partial charge in [0.15, 0.2) is 0 Å². The van der Waals surface area contributed by atoms with Crippen LogP contribution in [0.2, 0.25) is 0 Å². The number of benzene rings is 2. The van der Waals surface area contributed by atoms with Crippen molar-refractivity contribution in [3.05, 3.63) is 64.2 Å². The predicted molar refractivity (Wildman–Crippen MR) is 110 cm³/mol. The van der Waals surface area contributed by atoms with Gasteiger partial charge < -0.3 is 10.6 Å². The molecule has 0 aliphatic rings. The SMILES string of the molecule is CC(=O)Nc1cccc(-c2nc(C(=O)Nc3ccc(C)c(C)c3)c(C)s2)c1. The molecule has 1 heterocycles. The Bertz CT molecular complexity index is 1020. The molecule has 138 valence electrons. The maximum Gasteiger partial charge on any atom is 0.275 e. The van der Waals surface area contributed by atoms with E-state index in [0.717, 1.165) is 26.7 Å². The number of carbonyl (C=O) groups is 2. The van der Waals surface area contributed by atoms with E-state index in [1.54, 1.807) is 0 Å². The smallest absolute Gasteiger partial charge is 0.275 e. The molecule has 3 rings (SSSR count). The zero-order chi connectivity index (χ0) is 19.6. The molecule has 0 saturated carbocycles. The molecular formula is C21H21N3O2S. The third-order valence-electron chi connectivity index (χ3n) is 4.21. The van der Waals surface area contributed by atoms with Crippen molar-refractivity contribution in [3.8, 4) is 10.6 Å². The number of anilines is 2. The van der Waals surface area contributed by atoms with Gasteiger partial charge in [0.05, 0.1) is 0 Å². The largest absolute Gasteiger partial charge is 0.326 e. The molecule has 1 aromatic heterocycles. The van der Waals surface area contributed by atoms with E-state index in [1.807, 2.05) is 63.2 Å². The van der Waals surface area contributed by atoms with E-state index in [9.17, 15) is 9.59 Å². The minimum atomic E-state index is -0.226. The van der Waals surface area contributed by atoms with Gasteiger partial charge >= 0.3 is 0 Å². The molecule has 0 spiro atoms. The lowest BCUT2D eigenvalue weighted by atomic mass is 10.1. The molecule has 5 nitrogen and oxygen atoms in total. The van der Waals surface area contributed by atoms with Gasteiger partial charge in [-0.05, 0) is 56.2 Å². The van der Waals surface area contributed by atoms with Gasteiger partial charge in [-0.2, -0.15) is 0 Å². The second kappa shape index (κ2) is 7.72. The Morgan fingerprint density at radius 1 is 0.926 bits per heavy atom. The second-order valence-electron chi connectivity index (χ2n) is 6.44. The quantitative estimate of drug-likeness (QED) is 0.674. The number of carbonyl (C=O) groups excluding carboxylic acids is 2. The number of hydrogen-bond acceptors (Lipinski definition) is 4. The molecule has 0 aliphatic heterocycles. The number of amides is 2. The van der Waals surface area contributed by atoms with E-state index in [0.29, 0.717) is 11.4 Å². The van der Waals surface area contributed by atoms with Crippen molar-refractivity contribution in [2.45, 2.75) is 27.7 Å². The molecule has 2 amide bonds. The standard InChI is InChI=1S/C21H21N3O2S/c1-12-8-9-18(10-13(12)2)23-20(26)19-14(3)27-21(24-19)16-6-5-7-17(11-16)22-15(4)25/h5-11H,1-4H3,(H,22,25)(H,23,26). The highest BCUT2D eigenvalue weighted by Crippen LogP contribution is 2.30. The molecule has 2 aromatic carbocycles. The lowest BCUT2D eigenvalue weighted by Gasteiger charge is -2.07. The molecule has 0 aliphatic carbocycles. The fourth-order valence-electron chi connectivity index (χ4n) is 2.67. The Morgan fingerprint density at radius 3 is 2.37 bits per heavy atom. The summed E-state index contributed by atoms with van der Waals surface area (Å²) in [6.07, 6.45) is 0. The third kappa shape index (κ3) is 4.41. The third-order valence-corrected chi connectivity index (χ3v) is 5.23. The average Bonchev–Trinajstić information content (AvgIpc) is 3.00. The lowest BCUT2D eigenvalue weighted by molar-refractivity contribution is -0.114. The van der Waals surface area contributed by atoms with E-state index < -0.39 is 0 Å². The van der Waals surface area contributed by atoms with Crippen LogP contribution >= 0.6 is 11.3 Å². The summed E-state index contributed by atoms with van der Waals surface area (Å²) in [7, 11) is 0. The zero-order valence-electron chi connectivity index (χ0n) is 15.7. The number of thiazole rings is 1. The number of rotatable bonds is 4. The first-order chi connectivity index (χ1) is 12.8. The zero-order valence-corrected chi connectivity index (χ0v) is 16.5. The van der Waals surface area contributed by atoms with Crippen LogP contribution in [0, 0.1) is 20.8 Å². The van der Waals surface area contributed by atoms with Crippen LogP contribution in [0.1, 0.15) is 33.4 Å². The van der Waals surface area contributed by atoms with Crippen molar-refractivity contribution in [2.24, 2.45) is 0 Å². The van der Waals surface area contributed by atoms with Crippen LogP contribution < -0.4 is 10.6 Å². The summed E-state index contributed by atoms with van der Waals surface area (Å²) in [5, 5.41) is 6.42. The monoisotopic (exact) mass is 379 g/mol. The molecule has 0 bridgehead atoms. The van der Waals surface area contributed by atoms with Gasteiger partial charge in [-0.25, -0.2) is 4.98 Å². The van der Waals surface area contributed by atoms with Crippen molar-refractivity contribution >= 4 is 34.5 Å². The Hall–Kier alpha value is -2.99. The average molecular weight is 379 g/mol. The molecule has 3 aromatic rings. The number of aromatic nitrogens is 1. The van der Waals surface area contributed by atoms with Gasteiger partial charge in [0.25, 0.3) is 5.91 Å². The summed E-state index contributed by atoms with van der Waals surface area (Å²) >= 11 is 1.45. The molecule has 0 unspecified atom stereocenters. The van der Waals surface area contributed by atoms with Gasteiger partial charge in [0, 0.05) is 28.7 Å². The van der Waals surface area contributed by atoms with Crippen LogP contribution in [-0.4, -0.2) is 16.8 Å². The van der Waals surface area contributed by atoms with Crippen molar-refractivity contribution in [2.75, 3.05) is 10.6 Å². The Kier molecular flexibility index (Phi) is 5.37. The Labute approximate surface area is 162 Å². The Balaban J connectivity index is 1.84. The van der Waals surface area contributed by atoms with Crippen LogP contribution in [0.4, 0.5) is 11.4 Å². The highest BCUT2D eigenvalue weighted by Gasteiger charge is 2.17. The Morgan fingerprint density at radius 2 is 1.67 bits per heavy atom. The van der Waals surface area contributed by atoms with Crippen LogP contribution in [0.3, 0.4) is 0 Å². The van der Waals surface area contributed by atoms with Crippen LogP contribution in [0.15, 0.2) is 42.5 Å². The number of nitrogens with one attached hydrogen (secondary N) is 2. The maximum absolute atomic E-state index is 12.7. The van der Waals surface area contributed by atoms with E-state index in [2.05, 4.69) is 15.6 Å². The first-order valence-electron chi connectivity index (χ1n) is 8.57. The number of nitrogens with zero attached hydrogens (tertiary/aromatic N) is 1. The van der Waals surface area contributed by atoms with E-state index in [4.69, 9.17) is 0 Å². The van der Waals surface area contributed by atoms with E-state index >= 15 is 0 Å². The minimum absolute atomic E-state index is 0.129. The summed E-state index contributed by atoms with van der Waals surface area (Å²) in [5.41, 5.74) is 5.04. The number of hydrogen-bond donors (Lipinski definition) is 2. The lowest BCUT2D eigenvalue weighted by Crippen LogP contribution is -2.13. The topological polar surface area (TPSA) is 71.1 Å². The van der Waals surface area contributed by atoms with Crippen molar-refractivity contribution in [3.63, 3.8) is 0 Å². The van der Waals surface area contributed by atoms with Crippen LogP contribution in [-0.2, 0) is 4.79 Å². The van der Waals surface area contributed by atoms with Gasteiger partial charge in [0.1, 0.15) is 10.7 Å². The molecule has 27 heavy (non-hydrogen) atoms. The summed E-state index contributed by atoms with van der Waals surface area (Å²) in [6.45, 7) is 7.40. The first-order valence-corrected chi connectivity index (χ1v) is 9.39. The summed E-state index contributed by atoms with van der Waals surface area (Å²) in [4.78, 5) is 29.3. The fraction of sp³-hybridized carbons (Fsp3) is 0.190. The molecule has 2 N–H and O–H groups in total. The van der Waals surface area contributed by atoms with Gasteiger partial charge in [-0.15, -0.1) is 11.3 Å². The summed E-state index contributed by atoms with van der Waals surface area (Å²) in [6, 6.07) is 13.3. The predicted octanol–water partition coefficient (Wildman–Crippen LogP) is 4.95. The molecule has 6 heteroatoms. The van der Waals surface area contributed by atoms with Gasteiger partial charge in [-0.3, -0.25) is 9.59 Å². The van der Waals surface area contributed by atoms with Gasteiger partial charge in [0.2, 0.25) is 5.91 Å². The van der Waals surface area contributed by atoms with Crippen molar-refractivity contribution < 1.29 is 9.59 Å². The second-order valence-corrected chi connectivity index (χ2v) is 7.64.